The molecule has 6 heteroatoms. The smallest absolute Gasteiger partial charge is 0.157 e. The molecule has 0 amide bonds. The maximum Gasteiger partial charge on any atom is 0.157 e. The number of nitrogens with zero attached hydrogens (tertiary/aromatic N) is 1. The van der Waals surface area contributed by atoms with Crippen molar-refractivity contribution in [2.75, 3.05) is 0 Å². The van der Waals surface area contributed by atoms with E-state index in [0.29, 0.717) is 5.56 Å². The van der Waals surface area contributed by atoms with Crippen molar-refractivity contribution < 1.29 is 13.2 Å². The van der Waals surface area contributed by atoms with E-state index in [4.69, 9.17) is 4.55 Å². The van der Waals surface area contributed by atoms with Crippen molar-refractivity contribution in [3.8, 4) is 22.3 Å². The quantitative estimate of drug-likeness (QED) is 0.579. The third-order valence-electron chi connectivity index (χ3n) is 3.93. The molecule has 0 aliphatic rings. The van der Waals surface area contributed by atoms with E-state index in [2.05, 4.69) is 27.0 Å². The number of benzene rings is 2. The summed E-state index contributed by atoms with van der Waals surface area (Å²) < 4.78 is 35.2. The Kier molecular flexibility index (Phi) is 5.42. The normalized spacial score (nSPS) is 12.2. The summed E-state index contributed by atoms with van der Waals surface area (Å²) in [7, 11) is 0. The molecule has 1 atom stereocenters. The summed E-state index contributed by atoms with van der Waals surface area (Å²) in [6.07, 6.45) is 3.40. The van der Waals surface area contributed by atoms with Crippen molar-refractivity contribution in [2.45, 2.75) is 12.7 Å². The summed E-state index contributed by atoms with van der Waals surface area (Å²) in [6, 6.07) is 12.6. The van der Waals surface area contributed by atoms with Gasteiger partial charge in [0.1, 0.15) is 5.82 Å². The van der Waals surface area contributed by atoms with Gasteiger partial charge in [0.15, 0.2) is 11.1 Å². The molecule has 128 valence electrons. The Morgan fingerprint density at radius 3 is 2.52 bits per heavy atom. The van der Waals surface area contributed by atoms with Crippen molar-refractivity contribution >= 4 is 27.0 Å². The SMILES string of the molecule is Cc1cc(-c2ccncc2-c2ccc(CS(=O)O)c(F)c2)ccc1Br. The van der Waals surface area contributed by atoms with Crippen LogP contribution in [0.25, 0.3) is 22.3 Å². The Morgan fingerprint density at radius 2 is 1.84 bits per heavy atom. The average Bonchev–Trinajstić information content (AvgIpc) is 2.59. The Hall–Kier alpha value is -1.89. The average molecular weight is 420 g/mol. The van der Waals surface area contributed by atoms with Crippen molar-refractivity contribution in [1.29, 1.82) is 0 Å². The van der Waals surface area contributed by atoms with Crippen LogP contribution in [0.4, 0.5) is 4.39 Å². The second-order valence-electron chi connectivity index (χ2n) is 5.66. The van der Waals surface area contributed by atoms with Crippen molar-refractivity contribution in [2.24, 2.45) is 0 Å². The fraction of sp³-hybridized carbons (Fsp3) is 0.105. The van der Waals surface area contributed by atoms with Gasteiger partial charge in [0.25, 0.3) is 0 Å². The monoisotopic (exact) mass is 419 g/mol. The molecule has 0 bridgehead atoms. The summed E-state index contributed by atoms with van der Waals surface area (Å²) in [5, 5.41) is 0. The standard InChI is InChI=1S/C19H15BrFNO2S/c1-12-8-13(4-5-18(12)20)16-6-7-22-10-17(16)14-2-3-15(11-25(23)24)19(21)9-14/h2-10H,11H2,1H3,(H,23,24). The molecule has 0 saturated carbocycles. The molecule has 3 aromatic rings. The van der Waals surface area contributed by atoms with Gasteiger partial charge < -0.3 is 4.55 Å². The zero-order valence-electron chi connectivity index (χ0n) is 13.4. The molecule has 0 radical (unpaired) electrons. The number of hydrogen-bond acceptors (Lipinski definition) is 2. The van der Waals surface area contributed by atoms with E-state index in [1.807, 2.05) is 25.1 Å². The van der Waals surface area contributed by atoms with Crippen LogP contribution < -0.4 is 0 Å². The topological polar surface area (TPSA) is 50.2 Å². The molecule has 0 fully saturated rings. The van der Waals surface area contributed by atoms with Gasteiger partial charge in [-0.2, -0.15) is 0 Å². The fourth-order valence-corrected chi connectivity index (χ4v) is 3.40. The van der Waals surface area contributed by atoms with Crippen LogP contribution in [0.3, 0.4) is 0 Å². The lowest BCUT2D eigenvalue weighted by molar-refractivity contribution is 0.559. The summed E-state index contributed by atoms with van der Waals surface area (Å²) in [6.45, 7) is 2.01. The highest BCUT2D eigenvalue weighted by molar-refractivity contribution is 9.10. The van der Waals surface area contributed by atoms with E-state index in [1.165, 1.54) is 6.07 Å². The highest BCUT2D eigenvalue weighted by Crippen LogP contribution is 2.33. The molecule has 1 N–H and O–H groups in total. The van der Waals surface area contributed by atoms with E-state index >= 15 is 0 Å². The molecular formula is C19H15BrFNO2S. The second kappa shape index (κ2) is 7.56. The van der Waals surface area contributed by atoms with Crippen LogP contribution >= 0.6 is 15.9 Å². The molecule has 3 nitrogen and oxygen atoms in total. The molecule has 1 unspecified atom stereocenters. The largest absolute Gasteiger partial charge is 0.306 e. The highest BCUT2D eigenvalue weighted by Gasteiger charge is 2.12. The van der Waals surface area contributed by atoms with E-state index < -0.39 is 16.9 Å². The summed E-state index contributed by atoms with van der Waals surface area (Å²) in [5.41, 5.74) is 4.76. The van der Waals surface area contributed by atoms with E-state index in [0.717, 1.165) is 26.7 Å². The Labute approximate surface area is 156 Å². The van der Waals surface area contributed by atoms with Crippen LogP contribution in [0.5, 0.6) is 0 Å². The first-order valence-corrected chi connectivity index (χ1v) is 9.59. The fourth-order valence-electron chi connectivity index (χ4n) is 2.65. The Bertz CT molecular complexity index is 962. The first-order valence-electron chi connectivity index (χ1n) is 7.52. The van der Waals surface area contributed by atoms with E-state index in [1.54, 1.807) is 24.5 Å². The molecule has 1 aromatic heterocycles. The third kappa shape index (κ3) is 4.03. The zero-order chi connectivity index (χ0) is 18.0. The molecule has 0 aliphatic carbocycles. The highest BCUT2D eigenvalue weighted by atomic mass is 79.9. The zero-order valence-corrected chi connectivity index (χ0v) is 15.8. The van der Waals surface area contributed by atoms with Crippen LogP contribution in [0, 0.1) is 12.7 Å². The minimum absolute atomic E-state index is 0.217. The van der Waals surface area contributed by atoms with Crippen LogP contribution in [-0.2, 0) is 16.8 Å². The summed E-state index contributed by atoms with van der Waals surface area (Å²) >= 11 is 1.42. The molecular weight excluding hydrogens is 405 g/mol. The van der Waals surface area contributed by atoms with E-state index in [-0.39, 0.29) is 11.3 Å². The lowest BCUT2D eigenvalue weighted by atomic mass is 9.95. The van der Waals surface area contributed by atoms with Gasteiger partial charge >= 0.3 is 0 Å². The predicted octanol–water partition coefficient (Wildman–Crippen LogP) is 5.35. The molecule has 0 spiro atoms. The van der Waals surface area contributed by atoms with Crippen LogP contribution in [0.1, 0.15) is 11.1 Å². The number of aryl methyl sites for hydroxylation is 1. The number of pyridine rings is 1. The van der Waals surface area contributed by atoms with Crippen molar-refractivity contribution in [3.63, 3.8) is 0 Å². The number of hydrogen-bond donors (Lipinski definition) is 1. The lowest BCUT2D eigenvalue weighted by Gasteiger charge is -2.12. The van der Waals surface area contributed by atoms with Gasteiger partial charge in [0.2, 0.25) is 0 Å². The van der Waals surface area contributed by atoms with Gasteiger partial charge in [-0.1, -0.05) is 40.2 Å². The van der Waals surface area contributed by atoms with Crippen LogP contribution in [0.15, 0.2) is 59.3 Å². The second-order valence-corrected chi connectivity index (χ2v) is 7.44. The van der Waals surface area contributed by atoms with Crippen LogP contribution in [-0.4, -0.2) is 13.7 Å². The number of halogens is 2. The molecule has 3 rings (SSSR count). The van der Waals surface area contributed by atoms with Crippen LogP contribution in [0.2, 0.25) is 0 Å². The Morgan fingerprint density at radius 1 is 1.12 bits per heavy atom. The molecule has 2 aromatic carbocycles. The Balaban J connectivity index is 2.08. The molecule has 0 saturated heterocycles. The van der Waals surface area contributed by atoms with Gasteiger partial charge in [0, 0.05) is 28.0 Å². The minimum Gasteiger partial charge on any atom is -0.306 e. The maximum atomic E-state index is 14.3. The molecule has 1 heterocycles. The van der Waals surface area contributed by atoms with E-state index in [9.17, 15) is 8.60 Å². The predicted molar refractivity (Wildman–Crippen MR) is 102 cm³/mol. The molecule has 25 heavy (non-hydrogen) atoms. The summed E-state index contributed by atoms with van der Waals surface area (Å²) in [4.78, 5) is 4.17. The van der Waals surface area contributed by atoms with Crippen molar-refractivity contribution in [1.82, 2.24) is 4.98 Å². The van der Waals surface area contributed by atoms with Gasteiger partial charge in [0.05, 0.1) is 5.75 Å². The third-order valence-corrected chi connectivity index (χ3v) is 5.38. The van der Waals surface area contributed by atoms with Gasteiger partial charge in [-0.05, 0) is 47.4 Å². The summed E-state index contributed by atoms with van der Waals surface area (Å²) in [5.74, 6) is -0.723. The number of aromatic nitrogens is 1. The number of rotatable bonds is 4. The lowest BCUT2D eigenvalue weighted by Crippen LogP contribution is -1.97. The van der Waals surface area contributed by atoms with Gasteiger partial charge in [-0.25, -0.2) is 8.60 Å². The maximum absolute atomic E-state index is 14.3. The first kappa shape index (κ1) is 17.9. The molecule has 0 aliphatic heterocycles. The first-order chi connectivity index (χ1) is 12.0. The van der Waals surface area contributed by atoms with Gasteiger partial charge in [-0.15, -0.1) is 0 Å². The van der Waals surface area contributed by atoms with Crippen molar-refractivity contribution in [3.05, 3.63) is 76.3 Å². The minimum atomic E-state index is -2.07. The van der Waals surface area contributed by atoms with Gasteiger partial charge in [-0.3, -0.25) is 4.98 Å².